The maximum absolute atomic E-state index is 12.2. The second-order valence-electron chi connectivity index (χ2n) is 4.37. The van der Waals surface area contributed by atoms with Gasteiger partial charge in [-0.2, -0.15) is 0 Å². The van der Waals surface area contributed by atoms with Gasteiger partial charge in [0.15, 0.2) is 0 Å². The minimum absolute atomic E-state index is 0.210. The lowest BCUT2D eigenvalue weighted by molar-refractivity contribution is 0.102. The number of carbonyl (C=O) groups is 1. The molecule has 1 N–H and O–H groups in total. The first-order valence-electron chi connectivity index (χ1n) is 5.81. The van der Waals surface area contributed by atoms with E-state index in [0.717, 1.165) is 21.3 Å². The quantitative estimate of drug-likeness (QED) is 0.823. The number of benzene rings is 2. The van der Waals surface area contributed by atoms with Gasteiger partial charge < -0.3 is 5.32 Å². The van der Waals surface area contributed by atoms with E-state index < -0.39 is 0 Å². The lowest BCUT2D eigenvalue weighted by Gasteiger charge is -2.10. The van der Waals surface area contributed by atoms with Gasteiger partial charge in [-0.15, -0.1) is 0 Å². The number of aryl methyl sites for hydroxylation is 2. The van der Waals surface area contributed by atoms with E-state index in [0.29, 0.717) is 10.6 Å². The highest BCUT2D eigenvalue weighted by atomic mass is 79.9. The maximum atomic E-state index is 12.2. The second-order valence-corrected chi connectivity index (χ2v) is 5.61. The van der Waals surface area contributed by atoms with Crippen LogP contribution in [0, 0.1) is 13.8 Å². The second kappa shape index (κ2) is 5.76. The summed E-state index contributed by atoms with van der Waals surface area (Å²) in [7, 11) is 0. The van der Waals surface area contributed by atoms with Gasteiger partial charge in [0.05, 0.1) is 16.3 Å². The van der Waals surface area contributed by atoms with Crippen molar-refractivity contribution in [1.82, 2.24) is 0 Å². The zero-order valence-corrected chi connectivity index (χ0v) is 13.0. The smallest absolute Gasteiger partial charge is 0.257 e. The predicted octanol–water partition coefficient (Wildman–Crippen LogP) is 4.97. The van der Waals surface area contributed by atoms with E-state index in [1.54, 1.807) is 6.07 Å². The summed E-state index contributed by atoms with van der Waals surface area (Å²) in [5.74, 6) is -0.210. The summed E-state index contributed by atoms with van der Waals surface area (Å²) in [6.45, 7) is 3.87. The lowest BCUT2D eigenvalue weighted by Crippen LogP contribution is -2.13. The molecule has 0 atom stereocenters. The highest BCUT2D eigenvalue weighted by Gasteiger charge is 2.13. The molecule has 0 spiro atoms. The fraction of sp³-hybridized carbons (Fsp3) is 0.133. The first-order chi connectivity index (χ1) is 8.99. The highest BCUT2D eigenvalue weighted by Crippen LogP contribution is 2.26. The molecule has 98 valence electrons. The molecule has 4 heteroatoms. The van der Waals surface area contributed by atoms with Gasteiger partial charge in [-0.25, -0.2) is 0 Å². The van der Waals surface area contributed by atoms with E-state index in [9.17, 15) is 4.79 Å². The van der Waals surface area contributed by atoms with Gasteiger partial charge in [0.1, 0.15) is 0 Å². The van der Waals surface area contributed by atoms with Crippen LogP contribution in [-0.2, 0) is 0 Å². The van der Waals surface area contributed by atoms with Gasteiger partial charge in [-0.1, -0.05) is 29.8 Å². The monoisotopic (exact) mass is 337 g/mol. The number of amides is 1. The summed E-state index contributed by atoms with van der Waals surface area (Å²) in [4.78, 5) is 12.2. The molecule has 0 aliphatic heterocycles. The van der Waals surface area contributed by atoms with Gasteiger partial charge in [0.2, 0.25) is 0 Å². The topological polar surface area (TPSA) is 29.1 Å². The maximum Gasteiger partial charge on any atom is 0.257 e. The third kappa shape index (κ3) is 3.17. The molecular weight excluding hydrogens is 326 g/mol. The van der Waals surface area contributed by atoms with Gasteiger partial charge in [0, 0.05) is 4.47 Å². The van der Waals surface area contributed by atoms with Crippen LogP contribution in [0.3, 0.4) is 0 Å². The van der Waals surface area contributed by atoms with Crippen LogP contribution in [0.2, 0.25) is 5.02 Å². The normalized spacial score (nSPS) is 10.3. The van der Waals surface area contributed by atoms with Crippen molar-refractivity contribution in [2.45, 2.75) is 13.8 Å². The van der Waals surface area contributed by atoms with E-state index in [-0.39, 0.29) is 5.91 Å². The molecule has 0 fully saturated rings. The molecule has 2 nitrogen and oxygen atoms in total. The molecule has 2 aromatic carbocycles. The van der Waals surface area contributed by atoms with Gasteiger partial charge in [0.25, 0.3) is 5.91 Å². The van der Waals surface area contributed by atoms with Crippen molar-refractivity contribution in [2.24, 2.45) is 0 Å². The lowest BCUT2D eigenvalue weighted by atomic mass is 10.1. The van der Waals surface area contributed by atoms with Crippen molar-refractivity contribution in [1.29, 1.82) is 0 Å². The van der Waals surface area contributed by atoms with Crippen LogP contribution in [0.5, 0.6) is 0 Å². The molecule has 0 aromatic heterocycles. The Morgan fingerprint density at radius 1 is 1.21 bits per heavy atom. The molecule has 0 unspecified atom stereocenters. The summed E-state index contributed by atoms with van der Waals surface area (Å²) in [6, 6.07) is 11.2. The number of hydrogen-bond acceptors (Lipinski definition) is 1. The molecule has 0 radical (unpaired) electrons. The Balaban J connectivity index is 2.28. The van der Waals surface area contributed by atoms with E-state index in [4.69, 9.17) is 11.6 Å². The Morgan fingerprint density at radius 3 is 2.63 bits per heavy atom. The third-order valence-electron chi connectivity index (χ3n) is 2.81. The Bertz CT molecular complexity index is 640. The molecule has 0 bridgehead atoms. The van der Waals surface area contributed by atoms with E-state index >= 15 is 0 Å². The van der Waals surface area contributed by atoms with Gasteiger partial charge >= 0.3 is 0 Å². The van der Waals surface area contributed by atoms with Crippen LogP contribution in [0.1, 0.15) is 21.5 Å². The van der Waals surface area contributed by atoms with Crippen LogP contribution < -0.4 is 5.32 Å². The largest absolute Gasteiger partial charge is 0.321 e. The fourth-order valence-electron chi connectivity index (χ4n) is 1.73. The first-order valence-corrected chi connectivity index (χ1v) is 6.99. The molecule has 0 aliphatic carbocycles. The summed E-state index contributed by atoms with van der Waals surface area (Å²) in [5, 5.41) is 3.34. The summed E-state index contributed by atoms with van der Waals surface area (Å²) >= 11 is 9.58. The highest BCUT2D eigenvalue weighted by molar-refractivity contribution is 9.10. The molecule has 0 heterocycles. The zero-order valence-electron chi connectivity index (χ0n) is 10.6. The number of halogens is 2. The van der Waals surface area contributed by atoms with E-state index in [1.807, 2.05) is 44.2 Å². The summed E-state index contributed by atoms with van der Waals surface area (Å²) < 4.78 is 0.852. The standard InChI is InChI=1S/C15H13BrClNO/c1-9-6-7-13(12(16)8-9)18-15(19)11-5-3-4-10(2)14(11)17/h3-8H,1-2H3,(H,18,19). The van der Waals surface area contributed by atoms with E-state index in [1.165, 1.54) is 0 Å². The minimum atomic E-state index is -0.210. The minimum Gasteiger partial charge on any atom is -0.321 e. The summed E-state index contributed by atoms with van der Waals surface area (Å²) in [6.07, 6.45) is 0. The third-order valence-corrected chi connectivity index (χ3v) is 3.97. The molecule has 0 saturated carbocycles. The SMILES string of the molecule is Cc1ccc(NC(=O)c2cccc(C)c2Cl)c(Br)c1. The number of rotatable bonds is 2. The molecule has 1 amide bonds. The Labute approximate surface area is 125 Å². The van der Waals surface area contributed by atoms with Crippen LogP contribution in [-0.4, -0.2) is 5.91 Å². The molecule has 2 aromatic rings. The first kappa shape index (κ1) is 14.1. The molecule has 0 aliphatic rings. The van der Waals surface area contributed by atoms with Crippen molar-refractivity contribution in [3.63, 3.8) is 0 Å². The van der Waals surface area contributed by atoms with Gasteiger partial charge in [-0.3, -0.25) is 4.79 Å². The van der Waals surface area contributed by atoms with Crippen LogP contribution in [0.4, 0.5) is 5.69 Å². The zero-order chi connectivity index (χ0) is 14.0. The molecular formula is C15H13BrClNO. The number of anilines is 1. The molecule has 19 heavy (non-hydrogen) atoms. The van der Waals surface area contributed by atoms with Crippen LogP contribution in [0.25, 0.3) is 0 Å². The Morgan fingerprint density at radius 2 is 1.95 bits per heavy atom. The predicted molar refractivity (Wildman–Crippen MR) is 83.0 cm³/mol. The van der Waals surface area contributed by atoms with Gasteiger partial charge in [-0.05, 0) is 59.1 Å². The number of carbonyl (C=O) groups excluding carboxylic acids is 1. The van der Waals surface area contributed by atoms with Crippen molar-refractivity contribution in [2.75, 3.05) is 5.32 Å². The Hall–Kier alpha value is -1.32. The molecule has 2 rings (SSSR count). The average Bonchev–Trinajstić information content (AvgIpc) is 2.36. The van der Waals surface area contributed by atoms with Crippen molar-refractivity contribution < 1.29 is 4.79 Å². The number of hydrogen-bond donors (Lipinski definition) is 1. The Kier molecular flexibility index (Phi) is 4.27. The summed E-state index contributed by atoms with van der Waals surface area (Å²) in [5.41, 5.74) is 3.22. The molecule has 0 saturated heterocycles. The number of nitrogens with one attached hydrogen (secondary N) is 1. The van der Waals surface area contributed by atoms with E-state index in [2.05, 4.69) is 21.2 Å². The van der Waals surface area contributed by atoms with Crippen molar-refractivity contribution in [3.8, 4) is 0 Å². The van der Waals surface area contributed by atoms with Crippen LogP contribution in [0.15, 0.2) is 40.9 Å². The average molecular weight is 339 g/mol. The van der Waals surface area contributed by atoms with Crippen molar-refractivity contribution >= 4 is 39.1 Å². The van der Waals surface area contributed by atoms with Crippen LogP contribution >= 0.6 is 27.5 Å². The van der Waals surface area contributed by atoms with Crippen molar-refractivity contribution in [3.05, 3.63) is 62.6 Å². The fourth-order valence-corrected chi connectivity index (χ4v) is 2.54.